The van der Waals surface area contributed by atoms with Gasteiger partial charge in [-0.15, -0.1) is 11.6 Å². The summed E-state index contributed by atoms with van der Waals surface area (Å²) >= 11 is 6.05. The summed E-state index contributed by atoms with van der Waals surface area (Å²) in [6.07, 6.45) is 6.23. The lowest BCUT2D eigenvalue weighted by atomic mass is 9.95. The zero-order valence-corrected chi connectivity index (χ0v) is 11.5. The molecule has 1 aliphatic rings. The topological polar surface area (TPSA) is 41.6 Å². The van der Waals surface area contributed by atoms with E-state index >= 15 is 0 Å². The molecule has 1 saturated carbocycles. The van der Waals surface area contributed by atoms with E-state index < -0.39 is 0 Å². The first-order valence-electron chi connectivity index (χ1n) is 6.80. The van der Waals surface area contributed by atoms with Crippen molar-refractivity contribution in [2.75, 3.05) is 0 Å². The molecule has 1 heterocycles. The second-order valence-electron chi connectivity index (χ2n) is 5.14. The lowest BCUT2D eigenvalue weighted by molar-refractivity contribution is 0.354. The molecule has 1 fully saturated rings. The van der Waals surface area contributed by atoms with E-state index in [9.17, 15) is 0 Å². The van der Waals surface area contributed by atoms with Crippen LogP contribution in [0.2, 0.25) is 0 Å². The van der Waals surface area contributed by atoms with Gasteiger partial charge in [-0.2, -0.15) is 5.26 Å². The third-order valence-corrected chi connectivity index (χ3v) is 4.19. The number of imidazole rings is 1. The Labute approximate surface area is 117 Å². The molecule has 0 amide bonds. The molecular weight excluding hydrogens is 258 g/mol. The number of benzene rings is 1. The van der Waals surface area contributed by atoms with E-state index in [1.807, 2.05) is 18.2 Å². The first-order valence-corrected chi connectivity index (χ1v) is 7.34. The summed E-state index contributed by atoms with van der Waals surface area (Å²) < 4.78 is 2.27. The zero-order valence-electron chi connectivity index (χ0n) is 10.8. The lowest BCUT2D eigenvalue weighted by Gasteiger charge is -2.25. The third kappa shape index (κ3) is 2.21. The molecule has 0 spiro atoms. The molecular formula is C15H16ClN3. The number of halogens is 1. The van der Waals surface area contributed by atoms with Crippen LogP contribution in [0.4, 0.5) is 0 Å². The SMILES string of the molecule is N#Cc1ccc2nc(CCl)n(C3CCCCC3)c2c1. The van der Waals surface area contributed by atoms with Crippen molar-refractivity contribution in [2.24, 2.45) is 0 Å². The smallest absolute Gasteiger partial charge is 0.125 e. The minimum atomic E-state index is 0.424. The van der Waals surface area contributed by atoms with Gasteiger partial charge in [0.1, 0.15) is 5.82 Å². The van der Waals surface area contributed by atoms with Crippen molar-refractivity contribution < 1.29 is 0 Å². The van der Waals surface area contributed by atoms with Crippen LogP contribution in [0.25, 0.3) is 11.0 Å². The molecule has 1 aliphatic carbocycles. The van der Waals surface area contributed by atoms with Gasteiger partial charge in [0.25, 0.3) is 0 Å². The predicted molar refractivity (Wildman–Crippen MR) is 76.1 cm³/mol. The summed E-state index contributed by atoms with van der Waals surface area (Å²) in [6.45, 7) is 0. The van der Waals surface area contributed by atoms with Gasteiger partial charge >= 0.3 is 0 Å². The van der Waals surface area contributed by atoms with Gasteiger partial charge in [0.2, 0.25) is 0 Å². The van der Waals surface area contributed by atoms with E-state index in [4.69, 9.17) is 16.9 Å². The summed E-state index contributed by atoms with van der Waals surface area (Å²) in [5, 5.41) is 9.06. The van der Waals surface area contributed by atoms with E-state index in [1.54, 1.807) is 0 Å². The normalized spacial score (nSPS) is 16.6. The second kappa shape index (κ2) is 5.22. The van der Waals surface area contributed by atoms with E-state index in [0.717, 1.165) is 16.9 Å². The maximum Gasteiger partial charge on any atom is 0.125 e. The monoisotopic (exact) mass is 273 g/mol. The molecule has 0 saturated heterocycles. The Morgan fingerprint density at radius 3 is 2.79 bits per heavy atom. The highest BCUT2D eigenvalue weighted by molar-refractivity contribution is 6.16. The largest absolute Gasteiger partial charge is 0.324 e. The van der Waals surface area contributed by atoms with Gasteiger partial charge in [-0.25, -0.2) is 4.98 Å². The molecule has 0 bridgehead atoms. The Balaban J connectivity index is 2.16. The fourth-order valence-corrected chi connectivity index (χ4v) is 3.24. The highest BCUT2D eigenvalue weighted by Gasteiger charge is 2.21. The Bertz CT molecular complexity index is 633. The number of hydrogen-bond acceptors (Lipinski definition) is 2. The standard InChI is InChI=1S/C15H16ClN3/c16-9-15-18-13-7-6-11(10-17)8-14(13)19(15)12-4-2-1-3-5-12/h6-8,12H,1-5,9H2. The van der Waals surface area contributed by atoms with E-state index in [1.165, 1.54) is 32.1 Å². The average Bonchev–Trinajstić information content (AvgIpc) is 2.85. The fourth-order valence-electron chi connectivity index (χ4n) is 3.05. The van der Waals surface area contributed by atoms with Crippen molar-refractivity contribution in [3.05, 3.63) is 29.6 Å². The number of alkyl halides is 1. The number of nitrogens with zero attached hydrogens (tertiary/aromatic N) is 3. The van der Waals surface area contributed by atoms with Gasteiger partial charge in [-0.1, -0.05) is 19.3 Å². The van der Waals surface area contributed by atoms with Crippen LogP contribution in [0.1, 0.15) is 49.5 Å². The van der Waals surface area contributed by atoms with Crippen molar-refractivity contribution in [1.29, 1.82) is 5.26 Å². The number of rotatable bonds is 2. The number of nitriles is 1. The van der Waals surface area contributed by atoms with Crippen LogP contribution in [-0.2, 0) is 5.88 Å². The van der Waals surface area contributed by atoms with Gasteiger partial charge in [-0.3, -0.25) is 0 Å². The van der Waals surface area contributed by atoms with Crippen molar-refractivity contribution in [3.8, 4) is 6.07 Å². The molecule has 0 atom stereocenters. The first kappa shape index (κ1) is 12.5. The summed E-state index contributed by atoms with van der Waals surface area (Å²) in [6, 6.07) is 8.37. The maximum absolute atomic E-state index is 9.06. The minimum absolute atomic E-state index is 0.424. The summed E-state index contributed by atoms with van der Waals surface area (Å²) in [5.41, 5.74) is 2.69. The molecule has 1 aromatic carbocycles. The van der Waals surface area contributed by atoms with Gasteiger partial charge in [0.05, 0.1) is 28.5 Å². The van der Waals surface area contributed by atoms with Crippen LogP contribution < -0.4 is 0 Å². The molecule has 0 aliphatic heterocycles. The van der Waals surface area contributed by atoms with Crippen LogP contribution in [0, 0.1) is 11.3 Å². The van der Waals surface area contributed by atoms with Gasteiger partial charge in [0.15, 0.2) is 0 Å². The molecule has 0 radical (unpaired) electrons. The molecule has 2 aromatic rings. The van der Waals surface area contributed by atoms with Crippen molar-refractivity contribution in [2.45, 2.75) is 44.0 Å². The Morgan fingerprint density at radius 1 is 1.32 bits per heavy atom. The Morgan fingerprint density at radius 2 is 2.11 bits per heavy atom. The van der Waals surface area contributed by atoms with Crippen molar-refractivity contribution >= 4 is 22.6 Å². The van der Waals surface area contributed by atoms with E-state index in [-0.39, 0.29) is 0 Å². The minimum Gasteiger partial charge on any atom is -0.324 e. The summed E-state index contributed by atoms with van der Waals surface area (Å²) in [5.74, 6) is 1.35. The average molecular weight is 274 g/mol. The van der Waals surface area contributed by atoms with Crippen LogP contribution in [0.5, 0.6) is 0 Å². The second-order valence-corrected chi connectivity index (χ2v) is 5.41. The van der Waals surface area contributed by atoms with Crippen molar-refractivity contribution in [3.63, 3.8) is 0 Å². The van der Waals surface area contributed by atoms with Crippen LogP contribution in [-0.4, -0.2) is 9.55 Å². The van der Waals surface area contributed by atoms with E-state index in [2.05, 4.69) is 15.6 Å². The van der Waals surface area contributed by atoms with Gasteiger partial charge in [-0.05, 0) is 31.0 Å². The molecule has 0 unspecified atom stereocenters. The van der Waals surface area contributed by atoms with Crippen LogP contribution in [0.15, 0.2) is 18.2 Å². The fraction of sp³-hybridized carbons (Fsp3) is 0.467. The number of aromatic nitrogens is 2. The molecule has 19 heavy (non-hydrogen) atoms. The number of fused-ring (bicyclic) bond motifs is 1. The molecule has 0 N–H and O–H groups in total. The zero-order chi connectivity index (χ0) is 13.2. The van der Waals surface area contributed by atoms with Gasteiger partial charge < -0.3 is 4.57 Å². The van der Waals surface area contributed by atoms with E-state index in [0.29, 0.717) is 17.5 Å². The molecule has 1 aromatic heterocycles. The van der Waals surface area contributed by atoms with Crippen LogP contribution >= 0.6 is 11.6 Å². The lowest BCUT2D eigenvalue weighted by Crippen LogP contribution is -2.15. The number of hydrogen-bond donors (Lipinski definition) is 0. The molecule has 3 nitrogen and oxygen atoms in total. The first-order chi connectivity index (χ1) is 9.33. The highest BCUT2D eigenvalue weighted by atomic mass is 35.5. The van der Waals surface area contributed by atoms with Gasteiger partial charge in [0, 0.05) is 6.04 Å². The maximum atomic E-state index is 9.06. The van der Waals surface area contributed by atoms with Crippen molar-refractivity contribution in [1.82, 2.24) is 9.55 Å². The van der Waals surface area contributed by atoms with Crippen LogP contribution in [0.3, 0.4) is 0 Å². The summed E-state index contributed by atoms with van der Waals surface area (Å²) in [7, 11) is 0. The predicted octanol–water partition coefficient (Wildman–Crippen LogP) is 4.15. The quantitative estimate of drug-likeness (QED) is 0.771. The molecule has 3 rings (SSSR count). The highest BCUT2D eigenvalue weighted by Crippen LogP contribution is 2.33. The molecule has 4 heteroatoms. The Hall–Kier alpha value is -1.53. The third-order valence-electron chi connectivity index (χ3n) is 3.95. The summed E-state index contributed by atoms with van der Waals surface area (Å²) in [4.78, 5) is 4.60. The molecule has 98 valence electrons. The Kier molecular flexibility index (Phi) is 3.44.